The van der Waals surface area contributed by atoms with E-state index < -0.39 is 0 Å². The van der Waals surface area contributed by atoms with Crippen molar-refractivity contribution in [2.24, 2.45) is 0 Å². The van der Waals surface area contributed by atoms with Gasteiger partial charge in [0.15, 0.2) is 5.82 Å². The Balaban J connectivity index is 2.23. The fourth-order valence-electron chi connectivity index (χ4n) is 1.36. The minimum atomic E-state index is 0.627. The number of anilines is 3. The number of aromatic nitrogens is 2. The van der Waals surface area contributed by atoms with Crippen LogP contribution in [0.5, 0.6) is 0 Å². The highest BCUT2D eigenvalue weighted by molar-refractivity contribution is 5.67. The third-order valence-electron chi connectivity index (χ3n) is 2.21. The summed E-state index contributed by atoms with van der Waals surface area (Å²) in [5, 5.41) is 3.08. The standard InChI is InChI=1S/C12H14N4/c1-8-3-4-11(14-6-8)16-12-10(13)5-9(2)7-15-12/h3-7H,13H2,1-2H3,(H,14,15,16). The van der Waals surface area contributed by atoms with Crippen LogP contribution in [0.3, 0.4) is 0 Å². The molecule has 0 amide bonds. The average molecular weight is 214 g/mol. The maximum absolute atomic E-state index is 5.85. The van der Waals surface area contributed by atoms with Crippen molar-refractivity contribution in [2.45, 2.75) is 13.8 Å². The quantitative estimate of drug-likeness (QED) is 0.805. The van der Waals surface area contributed by atoms with Crippen molar-refractivity contribution in [3.05, 3.63) is 41.7 Å². The molecule has 0 aliphatic rings. The molecule has 0 spiro atoms. The minimum absolute atomic E-state index is 0.627. The molecule has 0 fully saturated rings. The molecule has 0 bridgehead atoms. The Morgan fingerprint density at radius 1 is 1.06 bits per heavy atom. The summed E-state index contributed by atoms with van der Waals surface area (Å²) >= 11 is 0. The van der Waals surface area contributed by atoms with Gasteiger partial charge in [-0.15, -0.1) is 0 Å². The molecule has 3 N–H and O–H groups in total. The molecule has 2 aromatic heterocycles. The van der Waals surface area contributed by atoms with E-state index in [0.717, 1.165) is 16.9 Å². The smallest absolute Gasteiger partial charge is 0.154 e. The van der Waals surface area contributed by atoms with Gasteiger partial charge in [0.2, 0.25) is 0 Å². The number of aryl methyl sites for hydroxylation is 2. The van der Waals surface area contributed by atoms with Crippen molar-refractivity contribution in [3.8, 4) is 0 Å². The van der Waals surface area contributed by atoms with E-state index in [9.17, 15) is 0 Å². The highest BCUT2D eigenvalue weighted by atomic mass is 15.1. The molecule has 2 rings (SSSR count). The van der Waals surface area contributed by atoms with Crippen LogP contribution in [0, 0.1) is 13.8 Å². The summed E-state index contributed by atoms with van der Waals surface area (Å²) in [6.07, 6.45) is 3.57. The Kier molecular flexibility index (Phi) is 2.72. The zero-order valence-electron chi connectivity index (χ0n) is 9.36. The van der Waals surface area contributed by atoms with E-state index in [0.29, 0.717) is 11.5 Å². The first kappa shape index (κ1) is 10.4. The summed E-state index contributed by atoms with van der Waals surface area (Å²) in [6, 6.07) is 5.76. The van der Waals surface area contributed by atoms with Crippen LogP contribution < -0.4 is 11.1 Å². The fourth-order valence-corrected chi connectivity index (χ4v) is 1.36. The second-order valence-electron chi connectivity index (χ2n) is 3.80. The molecule has 4 nitrogen and oxygen atoms in total. The lowest BCUT2D eigenvalue weighted by Gasteiger charge is -2.07. The first-order valence-corrected chi connectivity index (χ1v) is 5.07. The zero-order chi connectivity index (χ0) is 11.5. The first-order chi connectivity index (χ1) is 7.65. The lowest BCUT2D eigenvalue weighted by Crippen LogP contribution is -2.00. The Bertz CT molecular complexity index is 491. The van der Waals surface area contributed by atoms with Gasteiger partial charge in [-0.25, -0.2) is 9.97 Å². The molecule has 0 aliphatic heterocycles. The van der Waals surface area contributed by atoms with Gasteiger partial charge in [-0.1, -0.05) is 6.07 Å². The lowest BCUT2D eigenvalue weighted by molar-refractivity contribution is 1.22. The van der Waals surface area contributed by atoms with Crippen LogP contribution in [0.4, 0.5) is 17.3 Å². The number of hydrogen-bond donors (Lipinski definition) is 2. The molecule has 16 heavy (non-hydrogen) atoms. The molecule has 82 valence electrons. The molecule has 2 aromatic rings. The number of rotatable bonds is 2. The molecule has 2 heterocycles. The first-order valence-electron chi connectivity index (χ1n) is 5.07. The van der Waals surface area contributed by atoms with Gasteiger partial charge < -0.3 is 11.1 Å². The lowest BCUT2D eigenvalue weighted by atomic mass is 10.3. The van der Waals surface area contributed by atoms with Crippen molar-refractivity contribution in [2.75, 3.05) is 11.1 Å². The number of pyridine rings is 2. The van der Waals surface area contributed by atoms with Gasteiger partial charge in [-0.3, -0.25) is 0 Å². The van der Waals surface area contributed by atoms with Crippen LogP contribution >= 0.6 is 0 Å². The van der Waals surface area contributed by atoms with E-state index in [1.54, 1.807) is 12.4 Å². The summed E-state index contributed by atoms with van der Waals surface area (Å²) < 4.78 is 0. The number of hydrogen-bond acceptors (Lipinski definition) is 4. The van der Waals surface area contributed by atoms with Crippen LogP contribution in [0.15, 0.2) is 30.6 Å². The minimum Gasteiger partial charge on any atom is -0.396 e. The number of nitrogens with one attached hydrogen (secondary N) is 1. The molecular weight excluding hydrogens is 200 g/mol. The van der Waals surface area contributed by atoms with Crippen molar-refractivity contribution in [1.29, 1.82) is 0 Å². The van der Waals surface area contributed by atoms with Gasteiger partial charge in [0.25, 0.3) is 0 Å². The zero-order valence-corrected chi connectivity index (χ0v) is 9.36. The highest BCUT2D eigenvalue weighted by Gasteiger charge is 2.01. The predicted molar refractivity (Wildman–Crippen MR) is 65.6 cm³/mol. The van der Waals surface area contributed by atoms with Crippen LogP contribution in [0.2, 0.25) is 0 Å². The van der Waals surface area contributed by atoms with Crippen molar-refractivity contribution < 1.29 is 0 Å². The van der Waals surface area contributed by atoms with E-state index in [1.165, 1.54) is 0 Å². The number of nitrogens with two attached hydrogens (primary N) is 1. The Labute approximate surface area is 94.5 Å². The Hall–Kier alpha value is -2.10. The number of nitrogen functional groups attached to an aromatic ring is 1. The van der Waals surface area contributed by atoms with E-state index in [-0.39, 0.29) is 0 Å². The molecule has 0 unspecified atom stereocenters. The van der Waals surface area contributed by atoms with Crippen LogP contribution in [0.25, 0.3) is 0 Å². The second-order valence-corrected chi connectivity index (χ2v) is 3.80. The largest absolute Gasteiger partial charge is 0.396 e. The average Bonchev–Trinajstić information content (AvgIpc) is 2.25. The van der Waals surface area contributed by atoms with Crippen LogP contribution in [-0.4, -0.2) is 9.97 Å². The van der Waals surface area contributed by atoms with Crippen LogP contribution in [-0.2, 0) is 0 Å². The van der Waals surface area contributed by atoms with Crippen molar-refractivity contribution in [1.82, 2.24) is 9.97 Å². The normalized spacial score (nSPS) is 10.1. The molecule has 0 aliphatic carbocycles. The molecule has 0 radical (unpaired) electrons. The maximum Gasteiger partial charge on any atom is 0.154 e. The molecule has 0 saturated carbocycles. The van der Waals surface area contributed by atoms with Gasteiger partial charge in [-0.2, -0.15) is 0 Å². The van der Waals surface area contributed by atoms with Gasteiger partial charge >= 0.3 is 0 Å². The topological polar surface area (TPSA) is 63.8 Å². The van der Waals surface area contributed by atoms with Gasteiger partial charge in [-0.05, 0) is 37.1 Å². The maximum atomic E-state index is 5.85. The summed E-state index contributed by atoms with van der Waals surface area (Å²) in [5.41, 5.74) is 8.64. The summed E-state index contributed by atoms with van der Waals surface area (Å²) in [5.74, 6) is 1.38. The van der Waals surface area contributed by atoms with E-state index in [2.05, 4.69) is 15.3 Å². The third-order valence-corrected chi connectivity index (χ3v) is 2.21. The molecule has 0 saturated heterocycles. The fraction of sp³-hybridized carbons (Fsp3) is 0.167. The van der Waals surface area contributed by atoms with Crippen molar-refractivity contribution in [3.63, 3.8) is 0 Å². The molecule has 4 heteroatoms. The van der Waals surface area contributed by atoms with Gasteiger partial charge in [0.05, 0.1) is 5.69 Å². The van der Waals surface area contributed by atoms with Crippen LogP contribution in [0.1, 0.15) is 11.1 Å². The van der Waals surface area contributed by atoms with E-state index >= 15 is 0 Å². The summed E-state index contributed by atoms with van der Waals surface area (Å²) in [6.45, 7) is 3.95. The Morgan fingerprint density at radius 3 is 2.44 bits per heavy atom. The van der Waals surface area contributed by atoms with Crippen molar-refractivity contribution >= 4 is 17.3 Å². The SMILES string of the molecule is Cc1ccc(Nc2ncc(C)cc2N)nc1. The highest BCUT2D eigenvalue weighted by Crippen LogP contribution is 2.19. The Morgan fingerprint density at radius 2 is 1.81 bits per heavy atom. The third kappa shape index (κ3) is 2.28. The summed E-state index contributed by atoms with van der Waals surface area (Å²) in [7, 11) is 0. The number of nitrogens with zero attached hydrogens (tertiary/aromatic N) is 2. The monoisotopic (exact) mass is 214 g/mol. The van der Waals surface area contributed by atoms with Gasteiger partial charge in [0, 0.05) is 12.4 Å². The predicted octanol–water partition coefficient (Wildman–Crippen LogP) is 2.42. The molecular formula is C12H14N4. The van der Waals surface area contributed by atoms with E-state index in [4.69, 9.17) is 5.73 Å². The van der Waals surface area contributed by atoms with Gasteiger partial charge in [0.1, 0.15) is 5.82 Å². The van der Waals surface area contributed by atoms with E-state index in [1.807, 2.05) is 32.0 Å². The second kappa shape index (κ2) is 4.18. The summed E-state index contributed by atoms with van der Waals surface area (Å²) in [4.78, 5) is 8.45. The molecule has 0 atom stereocenters. The molecule has 0 aromatic carbocycles.